The Morgan fingerprint density at radius 1 is 1.08 bits per heavy atom. The van der Waals surface area contributed by atoms with Crippen LogP contribution in [-0.2, 0) is 14.3 Å². The maximum absolute atomic E-state index is 12.2. The number of benzene rings is 2. The number of carbonyl (C=O) groups is 2. The first kappa shape index (κ1) is 17.7. The quantitative estimate of drug-likeness (QED) is 0.817. The van der Waals surface area contributed by atoms with Crippen molar-refractivity contribution >= 4 is 17.6 Å². The summed E-state index contributed by atoms with van der Waals surface area (Å²) in [5.41, 5.74) is 3.74. The van der Waals surface area contributed by atoms with E-state index >= 15 is 0 Å². The van der Waals surface area contributed by atoms with Gasteiger partial charge in [-0.2, -0.15) is 0 Å². The van der Waals surface area contributed by atoms with Crippen LogP contribution in [0.4, 0.5) is 5.69 Å². The zero-order chi connectivity index (χ0) is 17.5. The molecule has 4 heteroatoms. The Morgan fingerprint density at radius 3 is 2.42 bits per heavy atom. The Kier molecular flexibility index (Phi) is 6.13. The molecule has 126 valence electrons. The molecule has 1 atom stereocenters. The minimum Gasteiger partial charge on any atom is -0.455 e. The van der Waals surface area contributed by atoms with Gasteiger partial charge in [0.15, 0.2) is 6.61 Å². The fourth-order valence-electron chi connectivity index (χ4n) is 2.60. The van der Waals surface area contributed by atoms with Crippen molar-refractivity contribution in [2.75, 3.05) is 11.9 Å². The Morgan fingerprint density at radius 2 is 1.79 bits per heavy atom. The van der Waals surface area contributed by atoms with E-state index in [1.807, 2.05) is 69.3 Å². The summed E-state index contributed by atoms with van der Waals surface area (Å²) >= 11 is 0. The monoisotopic (exact) mass is 325 g/mol. The van der Waals surface area contributed by atoms with Gasteiger partial charge in [-0.25, -0.2) is 0 Å². The van der Waals surface area contributed by atoms with E-state index in [0.717, 1.165) is 22.4 Å². The van der Waals surface area contributed by atoms with E-state index in [0.29, 0.717) is 6.42 Å². The number of nitrogens with one attached hydrogen (secondary N) is 1. The summed E-state index contributed by atoms with van der Waals surface area (Å²) in [4.78, 5) is 24.3. The smallest absolute Gasteiger partial charge is 0.313 e. The molecule has 0 fully saturated rings. The molecule has 0 aliphatic heterocycles. The lowest BCUT2D eigenvalue weighted by Crippen LogP contribution is -2.24. The fraction of sp³-hybridized carbons (Fsp3) is 0.300. The van der Waals surface area contributed by atoms with Gasteiger partial charge in [0.25, 0.3) is 5.91 Å². The third-order valence-corrected chi connectivity index (χ3v) is 3.90. The molecule has 0 radical (unpaired) electrons. The lowest BCUT2D eigenvalue weighted by atomic mass is 9.97. The highest BCUT2D eigenvalue weighted by molar-refractivity contribution is 5.93. The molecule has 2 rings (SSSR count). The van der Waals surface area contributed by atoms with Crippen LogP contribution in [0.5, 0.6) is 0 Å². The van der Waals surface area contributed by atoms with Crippen LogP contribution in [-0.4, -0.2) is 18.5 Å². The molecule has 1 N–H and O–H groups in total. The van der Waals surface area contributed by atoms with Crippen molar-refractivity contribution in [1.29, 1.82) is 0 Å². The third kappa shape index (κ3) is 4.69. The molecule has 1 amide bonds. The van der Waals surface area contributed by atoms with Crippen LogP contribution in [0.25, 0.3) is 0 Å². The summed E-state index contributed by atoms with van der Waals surface area (Å²) in [5.74, 6) is -1.06. The molecular formula is C20H23NO3. The van der Waals surface area contributed by atoms with Crippen molar-refractivity contribution < 1.29 is 14.3 Å². The van der Waals surface area contributed by atoms with Crippen LogP contribution in [0.3, 0.4) is 0 Å². The average Bonchev–Trinajstić information content (AvgIpc) is 2.57. The van der Waals surface area contributed by atoms with Crippen LogP contribution >= 0.6 is 0 Å². The number of aryl methyl sites for hydroxylation is 2. The summed E-state index contributed by atoms with van der Waals surface area (Å²) < 4.78 is 5.20. The molecule has 24 heavy (non-hydrogen) atoms. The second-order valence-corrected chi connectivity index (χ2v) is 5.85. The lowest BCUT2D eigenvalue weighted by Gasteiger charge is -2.15. The van der Waals surface area contributed by atoms with Crippen molar-refractivity contribution in [3.63, 3.8) is 0 Å². The standard InChI is InChI=1S/C20H23NO3/c1-4-17(16-8-6-5-7-9-16)20(23)24-13-19(22)21-18-11-10-14(2)12-15(18)3/h5-12,17H,4,13H2,1-3H3,(H,21,22)/t17-/m0/s1. The maximum Gasteiger partial charge on any atom is 0.313 e. The Bertz CT molecular complexity index is 710. The number of esters is 1. The number of ether oxygens (including phenoxy) is 1. The number of amides is 1. The van der Waals surface area contributed by atoms with Gasteiger partial charge in [0.2, 0.25) is 0 Å². The highest BCUT2D eigenvalue weighted by atomic mass is 16.5. The molecule has 2 aromatic rings. The normalized spacial score (nSPS) is 11.6. The van der Waals surface area contributed by atoms with Gasteiger partial charge in [0.1, 0.15) is 0 Å². The van der Waals surface area contributed by atoms with Crippen molar-refractivity contribution in [2.24, 2.45) is 0 Å². The Hall–Kier alpha value is -2.62. The number of hydrogen-bond donors (Lipinski definition) is 1. The van der Waals surface area contributed by atoms with E-state index in [2.05, 4.69) is 5.32 Å². The van der Waals surface area contributed by atoms with Crippen LogP contribution in [0.15, 0.2) is 48.5 Å². The topological polar surface area (TPSA) is 55.4 Å². The van der Waals surface area contributed by atoms with Crippen molar-refractivity contribution in [2.45, 2.75) is 33.1 Å². The fourth-order valence-corrected chi connectivity index (χ4v) is 2.60. The number of carbonyl (C=O) groups excluding carboxylic acids is 2. The summed E-state index contributed by atoms with van der Waals surface area (Å²) in [5, 5.41) is 2.77. The highest BCUT2D eigenvalue weighted by Crippen LogP contribution is 2.21. The molecular weight excluding hydrogens is 302 g/mol. The van der Waals surface area contributed by atoms with E-state index in [9.17, 15) is 9.59 Å². The van der Waals surface area contributed by atoms with Crippen molar-refractivity contribution in [3.05, 3.63) is 65.2 Å². The first-order valence-electron chi connectivity index (χ1n) is 8.10. The zero-order valence-corrected chi connectivity index (χ0v) is 14.3. The lowest BCUT2D eigenvalue weighted by molar-refractivity contribution is -0.149. The Labute approximate surface area is 142 Å². The van der Waals surface area contributed by atoms with Gasteiger partial charge in [-0.1, -0.05) is 55.0 Å². The van der Waals surface area contributed by atoms with Gasteiger partial charge >= 0.3 is 5.97 Å². The highest BCUT2D eigenvalue weighted by Gasteiger charge is 2.21. The summed E-state index contributed by atoms with van der Waals surface area (Å²) in [6, 6.07) is 15.2. The minimum absolute atomic E-state index is 0.282. The van der Waals surface area contributed by atoms with Crippen LogP contribution < -0.4 is 5.32 Å². The van der Waals surface area contributed by atoms with Crippen molar-refractivity contribution in [1.82, 2.24) is 0 Å². The molecule has 0 bridgehead atoms. The van der Waals surface area contributed by atoms with Crippen LogP contribution in [0.2, 0.25) is 0 Å². The second kappa shape index (κ2) is 8.29. The molecule has 0 aromatic heterocycles. The van der Waals surface area contributed by atoms with Crippen molar-refractivity contribution in [3.8, 4) is 0 Å². The molecule has 0 unspecified atom stereocenters. The van der Waals surface area contributed by atoms with Crippen LogP contribution in [0.1, 0.15) is 36.0 Å². The van der Waals surface area contributed by atoms with Crippen LogP contribution in [0, 0.1) is 13.8 Å². The van der Waals surface area contributed by atoms with Gasteiger partial charge in [-0.05, 0) is 37.5 Å². The molecule has 4 nitrogen and oxygen atoms in total. The molecule has 0 heterocycles. The number of anilines is 1. The first-order valence-corrected chi connectivity index (χ1v) is 8.10. The summed E-state index contributed by atoms with van der Waals surface area (Å²) in [6.07, 6.45) is 0.627. The minimum atomic E-state index is -0.375. The summed E-state index contributed by atoms with van der Waals surface area (Å²) in [7, 11) is 0. The summed E-state index contributed by atoms with van der Waals surface area (Å²) in [6.45, 7) is 5.57. The molecule has 0 saturated heterocycles. The predicted molar refractivity (Wildman–Crippen MR) is 95.0 cm³/mol. The Balaban J connectivity index is 1.92. The molecule has 0 saturated carbocycles. The maximum atomic E-state index is 12.2. The van der Waals surface area contributed by atoms with E-state index in [-0.39, 0.29) is 24.4 Å². The molecule has 0 spiro atoms. The van der Waals surface area contributed by atoms with Gasteiger partial charge < -0.3 is 10.1 Å². The SMILES string of the molecule is CC[C@H](C(=O)OCC(=O)Nc1ccc(C)cc1C)c1ccccc1. The molecule has 0 aliphatic carbocycles. The third-order valence-electron chi connectivity index (χ3n) is 3.90. The van der Waals surface area contributed by atoms with Gasteiger partial charge in [-0.15, -0.1) is 0 Å². The molecule has 0 aliphatic rings. The van der Waals surface area contributed by atoms with Gasteiger partial charge in [0, 0.05) is 5.69 Å². The van der Waals surface area contributed by atoms with Gasteiger partial charge in [-0.3, -0.25) is 9.59 Å². The average molecular weight is 325 g/mol. The number of rotatable bonds is 6. The first-order chi connectivity index (χ1) is 11.5. The number of hydrogen-bond acceptors (Lipinski definition) is 3. The van der Waals surface area contributed by atoms with E-state index in [1.165, 1.54) is 0 Å². The van der Waals surface area contributed by atoms with E-state index < -0.39 is 0 Å². The van der Waals surface area contributed by atoms with E-state index in [4.69, 9.17) is 4.74 Å². The van der Waals surface area contributed by atoms with E-state index in [1.54, 1.807) is 0 Å². The van der Waals surface area contributed by atoms with Gasteiger partial charge in [0.05, 0.1) is 5.92 Å². The second-order valence-electron chi connectivity index (χ2n) is 5.85. The zero-order valence-electron chi connectivity index (χ0n) is 14.3. The predicted octanol–water partition coefficient (Wildman–Crippen LogP) is 3.98. The largest absolute Gasteiger partial charge is 0.455 e. The molecule has 2 aromatic carbocycles.